The molecule has 1 aromatic heterocycles. The third-order valence-electron chi connectivity index (χ3n) is 4.63. The number of aromatic nitrogens is 2. The summed E-state index contributed by atoms with van der Waals surface area (Å²) in [6.07, 6.45) is 2.77. The van der Waals surface area contributed by atoms with E-state index in [1.54, 1.807) is 6.92 Å². The maximum Gasteiger partial charge on any atom is 0.326 e. The molecule has 0 aliphatic carbocycles. The monoisotopic (exact) mass is 439 g/mol. The van der Waals surface area contributed by atoms with Gasteiger partial charge in [0.25, 0.3) is 0 Å². The number of carbonyl (C=O) groups excluding carboxylic acids is 4. The van der Waals surface area contributed by atoms with E-state index in [0.29, 0.717) is 12.1 Å². The number of carboxylic acid groups (broad SMARTS) is 1. The summed E-state index contributed by atoms with van der Waals surface area (Å²) in [6, 6.07) is -3.57. The number of nitrogens with two attached hydrogens (primary N) is 2. The minimum Gasteiger partial charge on any atom is -0.480 e. The van der Waals surface area contributed by atoms with Gasteiger partial charge in [-0.1, -0.05) is 20.3 Å². The van der Waals surface area contributed by atoms with Crippen LogP contribution < -0.4 is 27.4 Å². The Bertz CT molecular complexity index is 782. The minimum absolute atomic E-state index is 0.0954. The van der Waals surface area contributed by atoms with Crippen LogP contribution in [-0.2, 0) is 30.4 Å². The van der Waals surface area contributed by atoms with Crippen molar-refractivity contribution in [2.75, 3.05) is 6.54 Å². The molecule has 0 fully saturated rings. The van der Waals surface area contributed by atoms with Crippen molar-refractivity contribution in [2.24, 2.45) is 17.4 Å². The zero-order valence-corrected chi connectivity index (χ0v) is 17.4. The number of primary amides is 1. The summed E-state index contributed by atoms with van der Waals surface area (Å²) in [6.45, 7) is 3.18. The Labute approximate surface area is 178 Å². The van der Waals surface area contributed by atoms with Gasteiger partial charge in [0.15, 0.2) is 0 Å². The van der Waals surface area contributed by atoms with Gasteiger partial charge in [0.2, 0.25) is 23.6 Å². The van der Waals surface area contributed by atoms with Crippen LogP contribution in [0, 0.1) is 5.92 Å². The number of aliphatic carboxylic acids is 1. The highest BCUT2D eigenvalue weighted by Crippen LogP contribution is 2.05. The number of carboxylic acids is 1. The van der Waals surface area contributed by atoms with Crippen molar-refractivity contribution >= 4 is 29.6 Å². The fraction of sp³-hybridized carbons (Fsp3) is 0.556. The van der Waals surface area contributed by atoms with E-state index >= 15 is 0 Å². The molecule has 4 unspecified atom stereocenters. The van der Waals surface area contributed by atoms with Crippen molar-refractivity contribution in [3.05, 3.63) is 18.2 Å². The molecule has 1 rings (SSSR count). The first-order valence-electron chi connectivity index (χ1n) is 9.66. The lowest BCUT2D eigenvalue weighted by molar-refractivity contribution is -0.142. The van der Waals surface area contributed by atoms with E-state index in [-0.39, 0.29) is 12.3 Å². The first-order valence-corrected chi connectivity index (χ1v) is 9.66. The molecule has 0 aliphatic rings. The summed E-state index contributed by atoms with van der Waals surface area (Å²) in [5.74, 6) is -4.53. The standard InChI is InChI=1S/C18H29N7O6/c1-3-9(2)15(20)17(29)22-7-14(27)24-11(5-13(19)26)16(28)25-12(18(30)31)4-10-6-21-8-23-10/h6,8-9,11-12,15H,3-5,7,20H2,1-2H3,(H2,19,26)(H,21,23)(H,22,29)(H,24,27)(H,25,28)(H,30,31). The van der Waals surface area contributed by atoms with E-state index < -0.39 is 60.7 Å². The Balaban J connectivity index is 2.72. The van der Waals surface area contributed by atoms with Gasteiger partial charge in [-0.25, -0.2) is 9.78 Å². The van der Waals surface area contributed by atoms with Gasteiger partial charge < -0.3 is 37.5 Å². The van der Waals surface area contributed by atoms with Crippen LogP contribution in [0.1, 0.15) is 32.4 Å². The number of amides is 4. The molecule has 0 saturated carbocycles. The van der Waals surface area contributed by atoms with Crippen molar-refractivity contribution in [2.45, 2.75) is 51.2 Å². The maximum absolute atomic E-state index is 12.5. The third-order valence-corrected chi connectivity index (χ3v) is 4.63. The second-order valence-electron chi connectivity index (χ2n) is 7.10. The molecule has 4 amide bonds. The van der Waals surface area contributed by atoms with Gasteiger partial charge >= 0.3 is 5.97 Å². The molecular formula is C18H29N7O6. The highest BCUT2D eigenvalue weighted by atomic mass is 16.4. The number of imidazole rings is 1. The Hall–Kier alpha value is -3.48. The summed E-state index contributed by atoms with van der Waals surface area (Å²) >= 11 is 0. The SMILES string of the molecule is CCC(C)C(N)C(=O)NCC(=O)NC(CC(N)=O)C(=O)NC(Cc1cnc[nH]1)C(=O)O. The number of aromatic amines is 1. The predicted octanol–water partition coefficient (Wildman–Crippen LogP) is -2.63. The van der Waals surface area contributed by atoms with E-state index in [0.717, 1.165) is 0 Å². The normalized spacial score (nSPS) is 14.5. The highest BCUT2D eigenvalue weighted by molar-refractivity contribution is 5.95. The lowest BCUT2D eigenvalue weighted by Gasteiger charge is -2.21. The van der Waals surface area contributed by atoms with Crippen LogP contribution in [0.25, 0.3) is 0 Å². The lowest BCUT2D eigenvalue weighted by Crippen LogP contribution is -2.55. The summed E-state index contributed by atoms with van der Waals surface area (Å²) in [7, 11) is 0. The van der Waals surface area contributed by atoms with E-state index in [1.165, 1.54) is 12.5 Å². The average molecular weight is 439 g/mol. The number of nitrogens with one attached hydrogen (secondary N) is 4. The Morgan fingerprint density at radius 3 is 2.35 bits per heavy atom. The van der Waals surface area contributed by atoms with Crippen LogP contribution in [0.5, 0.6) is 0 Å². The van der Waals surface area contributed by atoms with Gasteiger partial charge in [0.05, 0.1) is 25.3 Å². The van der Waals surface area contributed by atoms with E-state index in [2.05, 4.69) is 25.9 Å². The molecule has 13 heteroatoms. The van der Waals surface area contributed by atoms with Crippen LogP contribution in [0.3, 0.4) is 0 Å². The Kier molecular flexibility index (Phi) is 10.1. The van der Waals surface area contributed by atoms with Crippen LogP contribution in [0.4, 0.5) is 0 Å². The van der Waals surface area contributed by atoms with Crippen LogP contribution in [0.15, 0.2) is 12.5 Å². The van der Waals surface area contributed by atoms with Gasteiger partial charge in [-0.05, 0) is 5.92 Å². The number of H-pyrrole nitrogens is 1. The molecule has 172 valence electrons. The topological polar surface area (TPSA) is 222 Å². The molecule has 13 nitrogen and oxygen atoms in total. The van der Waals surface area contributed by atoms with Gasteiger partial charge in [-0.3, -0.25) is 19.2 Å². The number of carbonyl (C=O) groups is 5. The smallest absolute Gasteiger partial charge is 0.326 e. The Morgan fingerprint density at radius 1 is 1.16 bits per heavy atom. The predicted molar refractivity (Wildman–Crippen MR) is 108 cm³/mol. The molecule has 0 bridgehead atoms. The fourth-order valence-electron chi connectivity index (χ4n) is 2.54. The number of nitrogens with zero attached hydrogens (tertiary/aromatic N) is 1. The van der Waals surface area contributed by atoms with Crippen molar-refractivity contribution in [3.8, 4) is 0 Å². The van der Waals surface area contributed by atoms with E-state index in [1.807, 2.05) is 6.92 Å². The first kappa shape index (κ1) is 25.6. The van der Waals surface area contributed by atoms with Gasteiger partial charge in [-0.2, -0.15) is 0 Å². The maximum atomic E-state index is 12.5. The molecule has 0 aromatic carbocycles. The molecular weight excluding hydrogens is 410 g/mol. The summed E-state index contributed by atoms with van der Waals surface area (Å²) < 4.78 is 0. The Morgan fingerprint density at radius 2 is 1.84 bits per heavy atom. The second kappa shape index (κ2) is 12.3. The number of hydrogen-bond acceptors (Lipinski definition) is 7. The summed E-state index contributed by atoms with van der Waals surface area (Å²) in [5.41, 5.74) is 11.4. The zero-order valence-electron chi connectivity index (χ0n) is 17.4. The fourth-order valence-corrected chi connectivity index (χ4v) is 2.54. The van der Waals surface area contributed by atoms with Crippen LogP contribution in [-0.4, -0.2) is 69.3 Å². The minimum atomic E-state index is -1.42. The molecule has 0 aliphatic heterocycles. The van der Waals surface area contributed by atoms with Crippen molar-refractivity contribution < 1.29 is 29.1 Å². The summed E-state index contributed by atoms with van der Waals surface area (Å²) in [4.78, 5) is 65.9. The van der Waals surface area contributed by atoms with E-state index in [4.69, 9.17) is 11.5 Å². The molecule has 1 heterocycles. The van der Waals surface area contributed by atoms with E-state index in [9.17, 15) is 29.1 Å². The average Bonchev–Trinajstić information content (AvgIpc) is 3.22. The van der Waals surface area contributed by atoms with Gasteiger partial charge in [-0.15, -0.1) is 0 Å². The highest BCUT2D eigenvalue weighted by Gasteiger charge is 2.28. The van der Waals surface area contributed by atoms with Crippen LogP contribution >= 0.6 is 0 Å². The molecule has 4 atom stereocenters. The van der Waals surface area contributed by atoms with Gasteiger partial charge in [0.1, 0.15) is 12.1 Å². The largest absolute Gasteiger partial charge is 0.480 e. The molecule has 0 saturated heterocycles. The lowest BCUT2D eigenvalue weighted by atomic mass is 9.99. The molecule has 31 heavy (non-hydrogen) atoms. The summed E-state index contributed by atoms with van der Waals surface area (Å²) in [5, 5.41) is 16.2. The van der Waals surface area contributed by atoms with Gasteiger partial charge in [0, 0.05) is 18.3 Å². The van der Waals surface area contributed by atoms with Crippen LogP contribution in [0.2, 0.25) is 0 Å². The van der Waals surface area contributed by atoms with Crippen molar-refractivity contribution in [3.63, 3.8) is 0 Å². The second-order valence-corrected chi connectivity index (χ2v) is 7.10. The quantitative estimate of drug-likeness (QED) is 0.172. The van der Waals surface area contributed by atoms with Crippen molar-refractivity contribution in [1.82, 2.24) is 25.9 Å². The zero-order chi connectivity index (χ0) is 23.6. The molecule has 0 spiro atoms. The molecule has 0 radical (unpaired) electrons. The van der Waals surface area contributed by atoms with Crippen molar-refractivity contribution in [1.29, 1.82) is 0 Å². The third kappa shape index (κ3) is 8.82. The first-order chi connectivity index (χ1) is 14.5. The molecule has 9 N–H and O–H groups in total. The molecule has 1 aromatic rings. The number of hydrogen-bond donors (Lipinski definition) is 7. The number of rotatable bonds is 13.